The van der Waals surface area contributed by atoms with E-state index >= 15 is 0 Å². The summed E-state index contributed by atoms with van der Waals surface area (Å²) in [5.74, 6) is -3.10. The van der Waals surface area contributed by atoms with Gasteiger partial charge in [-0.05, 0) is 6.07 Å². The molecule has 0 aromatic heterocycles. The molecule has 4 nitrogen and oxygen atoms in total. The summed E-state index contributed by atoms with van der Waals surface area (Å²) in [5.41, 5.74) is 0.811. The highest BCUT2D eigenvalue weighted by Gasteiger charge is 2.44. The predicted octanol–water partition coefficient (Wildman–Crippen LogP) is 2.66. The SMILES string of the molecule is Cl.O=C(C1CC(F)(F)CN1)N1CCOC(c2ccccc2Cl)C1. The smallest absolute Gasteiger partial charge is 0.262 e. The maximum absolute atomic E-state index is 13.2. The summed E-state index contributed by atoms with van der Waals surface area (Å²) in [6.07, 6.45) is -0.770. The second-order valence-corrected chi connectivity index (χ2v) is 6.07. The number of rotatable bonds is 2. The number of benzene rings is 1. The molecule has 1 aromatic carbocycles. The van der Waals surface area contributed by atoms with Crippen LogP contribution in [0.25, 0.3) is 0 Å². The zero-order chi connectivity index (χ0) is 15.7. The minimum atomic E-state index is -2.81. The summed E-state index contributed by atoms with van der Waals surface area (Å²) in [4.78, 5) is 14.0. The highest BCUT2D eigenvalue weighted by molar-refractivity contribution is 6.31. The number of nitrogens with one attached hydrogen (secondary N) is 1. The fourth-order valence-corrected chi connectivity index (χ4v) is 3.14. The van der Waals surface area contributed by atoms with Gasteiger partial charge < -0.3 is 9.64 Å². The van der Waals surface area contributed by atoms with Gasteiger partial charge in [-0.3, -0.25) is 10.1 Å². The molecule has 3 rings (SSSR count). The van der Waals surface area contributed by atoms with Gasteiger partial charge in [0, 0.05) is 23.6 Å². The third-order valence-electron chi connectivity index (χ3n) is 4.04. The summed E-state index contributed by atoms with van der Waals surface area (Å²) in [5, 5.41) is 3.18. The Balaban J connectivity index is 0.00000192. The number of hydrogen-bond donors (Lipinski definition) is 1. The van der Waals surface area contributed by atoms with Gasteiger partial charge in [-0.2, -0.15) is 0 Å². The quantitative estimate of drug-likeness (QED) is 0.874. The third kappa shape index (κ3) is 4.12. The van der Waals surface area contributed by atoms with Crippen molar-refractivity contribution in [3.05, 3.63) is 34.9 Å². The molecule has 0 aliphatic carbocycles. The second kappa shape index (κ2) is 7.30. The van der Waals surface area contributed by atoms with E-state index in [9.17, 15) is 13.6 Å². The summed E-state index contributed by atoms with van der Waals surface area (Å²) >= 11 is 6.15. The molecule has 2 fully saturated rings. The number of hydrogen-bond acceptors (Lipinski definition) is 3. The van der Waals surface area contributed by atoms with Crippen LogP contribution in [0, 0.1) is 0 Å². The number of alkyl halides is 2. The molecule has 1 N–H and O–H groups in total. The fraction of sp³-hybridized carbons (Fsp3) is 0.533. The average Bonchev–Trinajstić information content (AvgIpc) is 2.87. The Morgan fingerprint density at radius 2 is 2.13 bits per heavy atom. The summed E-state index contributed by atoms with van der Waals surface area (Å²) in [6, 6.07) is 6.47. The van der Waals surface area contributed by atoms with Crippen molar-refractivity contribution in [1.82, 2.24) is 10.2 Å². The van der Waals surface area contributed by atoms with Gasteiger partial charge in [0.1, 0.15) is 6.10 Å². The number of morpholine rings is 1. The number of halogens is 4. The molecule has 1 aromatic rings. The molecule has 0 spiro atoms. The lowest BCUT2D eigenvalue weighted by molar-refractivity contribution is -0.141. The van der Waals surface area contributed by atoms with E-state index in [-0.39, 0.29) is 24.4 Å². The van der Waals surface area contributed by atoms with Crippen LogP contribution in [-0.2, 0) is 9.53 Å². The molecule has 23 heavy (non-hydrogen) atoms. The van der Waals surface area contributed by atoms with Crippen LogP contribution in [0.1, 0.15) is 18.1 Å². The maximum atomic E-state index is 13.2. The lowest BCUT2D eigenvalue weighted by Crippen LogP contribution is -2.49. The average molecular weight is 367 g/mol. The van der Waals surface area contributed by atoms with E-state index in [0.717, 1.165) is 5.56 Å². The minimum Gasteiger partial charge on any atom is -0.370 e. The van der Waals surface area contributed by atoms with E-state index < -0.39 is 24.9 Å². The first-order valence-corrected chi connectivity index (χ1v) is 7.60. The molecule has 1 amide bonds. The lowest BCUT2D eigenvalue weighted by atomic mass is 10.1. The van der Waals surface area contributed by atoms with Crippen molar-refractivity contribution in [1.29, 1.82) is 0 Å². The Hall–Kier alpha value is -0.950. The molecule has 2 saturated heterocycles. The van der Waals surface area contributed by atoms with Crippen LogP contribution in [0.4, 0.5) is 8.78 Å². The largest absolute Gasteiger partial charge is 0.370 e. The van der Waals surface area contributed by atoms with Crippen LogP contribution in [0.15, 0.2) is 24.3 Å². The predicted molar refractivity (Wildman–Crippen MR) is 85.3 cm³/mol. The molecule has 2 aliphatic rings. The molecule has 2 heterocycles. The Bertz CT molecular complexity index is 574. The summed E-state index contributed by atoms with van der Waals surface area (Å²) < 4.78 is 32.2. The molecule has 2 unspecified atom stereocenters. The van der Waals surface area contributed by atoms with Gasteiger partial charge in [0.15, 0.2) is 0 Å². The molecule has 8 heteroatoms. The van der Waals surface area contributed by atoms with Gasteiger partial charge in [0.05, 0.1) is 25.7 Å². The molecular weight excluding hydrogens is 349 g/mol. The number of amides is 1. The van der Waals surface area contributed by atoms with Crippen LogP contribution in [0.3, 0.4) is 0 Å². The van der Waals surface area contributed by atoms with Crippen LogP contribution in [-0.4, -0.2) is 49.0 Å². The van der Waals surface area contributed by atoms with Gasteiger partial charge in [-0.1, -0.05) is 29.8 Å². The number of carbonyl (C=O) groups is 1. The van der Waals surface area contributed by atoms with Crippen molar-refractivity contribution in [3.8, 4) is 0 Å². The lowest BCUT2D eigenvalue weighted by Gasteiger charge is -2.34. The van der Waals surface area contributed by atoms with E-state index in [2.05, 4.69) is 5.32 Å². The zero-order valence-corrected chi connectivity index (χ0v) is 13.9. The molecule has 128 valence electrons. The van der Waals surface area contributed by atoms with Gasteiger partial charge in [-0.25, -0.2) is 8.78 Å². The first kappa shape index (κ1) is 18.4. The van der Waals surface area contributed by atoms with E-state index in [1.165, 1.54) is 0 Å². The molecular formula is C15H18Cl2F2N2O2. The minimum absolute atomic E-state index is 0. The van der Waals surface area contributed by atoms with Gasteiger partial charge in [0.2, 0.25) is 5.91 Å². The van der Waals surface area contributed by atoms with Crippen molar-refractivity contribution < 1.29 is 18.3 Å². The van der Waals surface area contributed by atoms with E-state index in [1.807, 2.05) is 18.2 Å². The Morgan fingerprint density at radius 1 is 1.39 bits per heavy atom. The Kier molecular flexibility index (Phi) is 5.84. The summed E-state index contributed by atoms with van der Waals surface area (Å²) in [6.45, 7) is 0.655. The van der Waals surface area contributed by atoms with Crippen molar-refractivity contribution in [2.45, 2.75) is 24.5 Å². The second-order valence-electron chi connectivity index (χ2n) is 5.66. The van der Waals surface area contributed by atoms with Crippen molar-refractivity contribution in [3.63, 3.8) is 0 Å². The normalized spacial score (nSPS) is 26.7. The highest BCUT2D eigenvalue weighted by Crippen LogP contribution is 2.30. The van der Waals surface area contributed by atoms with Gasteiger partial charge in [0.25, 0.3) is 5.92 Å². The molecule has 0 radical (unpaired) electrons. The maximum Gasteiger partial charge on any atom is 0.262 e. The third-order valence-corrected chi connectivity index (χ3v) is 4.38. The number of carbonyl (C=O) groups excluding carboxylic acids is 1. The molecule has 0 bridgehead atoms. The van der Waals surface area contributed by atoms with Crippen LogP contribution in [0.2, 0.25) is 5.02 Å². The zero-order valence-electron chi connectivity index (χ0n) is 12.3. The van der Waals surface area contributed by atoms with Crippen LogP contribution in [0.5, 0.6) is 0 Å². The first-order valence-electron chi connectivity index (χ1n) is 7.22. The molecule has 2 atom stereocenters. The van der Waals surface area contributed by atoms with E-state index in [0.29, 0.717) is 24.7 Å². The number of ether oxygens (including phenoxy) is 1. The standard InChI is InChI=1S/C15H17ClF2N2O2.ClH/c16-11-4-2-1-3-10(11)13-8-20(5-6-22-13)14(21)12-7-15(17,18)9-19-12;/h1-4,12-13,19H,5-9H2;1H. The monoisotopic (exact) mass is 366 g/mol. The van der Waals surface area contributed by atoms with E-state index in [4.69, 9.17) is 16.3 Å². The van der Waals surface area contributed by atoms with Gasteiger partial charge in [-0.15, -0.1) is 12.4 Å². The summed E-state index contributed by atoms with van der Waals surface area (Å²) in [7, 11) is 0. The topological polar surface area (TPSA) is 41.6 Å². The number of nitrogens with zero attached hydrogens (tertiary/aromatic N) is 1. The Morgan fingerprint density at radius 3 is 2.78 bits per heavy atom. The molecule has 2 aliphatic heterocycles. The molecule has 0 saturated carbocycles. The Labute approximate surface area is 144 Å². The van der Waals surface area contributed by atoms with Crippen molar-refractivity contribution in [2.75, 3.05) is 26.2 Å². The van der Waals surface area contributed by atoms with Crippen molar-refractivity contribution >= 4 is 29.9 Å². The van der Waals surface area contributed by atoms with Crippen LogP contribution < -0.4 is 5.32 Å². The van der Waals surface area contributed by atoms with E-state index in [1.54, 1.807) is 11.0 Å². The fourth-order valence-electron chi connectivity index (χ4n) is 2.88. The van der Waals surface area contributed by atoms with Crippen molar-refractivity contribution in [2.24, 2.45) is 0 Å². The van der Waals surface area contributed by atoms with Gasteiger partial charge >= 0.3 is 0 Å². The van der Waals surface area contributed by atoms with Crippen LogP contribution >= 0.6 is 24.0 Å². The first-order chi connectivity index (χ1) is 10.5. The highest BCUT2D eigenvalue weighted by atomic mass is 35.5.